The van der Waals surface area contributed by atoms with E-state index in [0.29, 0.717) is 39.7 Å². The Bertz CT molecular complexity index is 1400. The predicted molar refractivity (Wildman–Crippen MR) is 128 cm³/mol. The number of rotatable bonds is 6. The van der Waals surface area contributed by atoms with Crippen LogP contribution in [0.25, 0.3) is 16.9 Å². The van der Waals surface area contributed by atoms with Gasteiger partial charge in [0.05, 0.1) is 48.1 Å². The van der Waals surface area contributed by atoms with Gasteiger partial charge in [-0.2, -0.15) is 0 Å². The van der Waals surface area contributed by atoms with Crippen molar-refractivity contribution in [1.29, 1.82) is 0 Å². The molecule has 0 unspecified atom stereocenters. The minimum Gasteiger partial charge on any atom is -0.497 e. The normalized spacial score (nSPS) is 11.4. The summed E-state index contributed by atoms with van der Waals surface area (Å²) in [6.07, 6.45) is 0. The molecule has 0 atom stereocenters. The van der Waals surface area contributed by atoms with Gasteiger partial charge in [0.2, 0.25) is 0 Å². The summed E-state index contributed by atoms with van der Waals surface area (Å²) in [6, 6.07) is 19.4. The molecule has 172 valence electrons. The lowest BCUT2D eigenvalue weighted by Crippen LogP contribution is -2.19. The number of hydrogen-bond donors (Lipinski definition) is 1. The summed E-state index contributed by atoms with van der Waals surface area (Å²) in [7, 11) is 2.90. The van der Waals surface area contributed by atoms with Gasteiger partial charge in [0.15, 0.2) is 0 Å². The second kappa shape index (κ2) is 9.58. The van der Waals surface area contributed by atoms with E-state index in [1.807, 2.05) is 12.1 Å². The average Bonchev–Trinajstić information content (AvgIpc) is 3.21. The molecule has 8 heteroatoms. The van der Waals surface area contributed by atoms with Gasteiger partial charge >= 0.3 is 5.97 Å². The summed E-state index contributed by atoms with van der Waals surface area (Å²) in [4.78, 5) is 29.7. The van der Waals surface area contributed by atoms with Gasteiger partial charge in [0.25, 0.3) is 5.56 Å². The van der Waals surface area contributed by atoms with E-state index < -0.39 is 11.8 Å². The van der Waals surface area contributed by atoms with Crippen LogP contribution in [0, 0.1) is 5.82 Å². The summed E-state index contributed by atoms with van der Waals surface area (Å²) in [6.45, 7) is 1.74. The number of carbonyl (C=O) groups excluding carboxylic acids is 1. The molecule has 1 heterocycles. The topological polar surface area (TPSA) is 85.7 Å². The van der Waals surface area contributed by atoms with Crippen LogP contribution in [0.15, 0.2) is 82.6 Å². The summed E-state index contributed by atoms with van der Waals surface area (Å²) < 4.78 is 24.7. The van der Waals surface area contributed by atoms with E-state index in [2.05, 4.69) is 10.1 Å². The number of benzene rings is 3. The van der Waals surface area contributed by atoms with Gasteiger partial charge in [-0.05, 0) is 79.7 Å². The highest BCUT2D eigenvalue weighted by molar-refractivity contribution is 6.05. The van der Waals surface area contributed by atoms with Crippen molar-refractivity contribution in [2.24, 2.45) is 4.99 Å². The molecule has 0 saturated carbocycles. The predicted octanol–water partition coefficient (Wildman–Crippen LogP) is 4.91. The van der Waals surface area contributed by atoms with Crippen LogP contribution in [0.2, 0.25) is 0 Å². The first-order chi connectivity index (χ1) is 16.4. The Kier molecular flexibility index (Phi) is 6.40. The number of hydrogen-bond acceptors (Lipinski definition) is 5. The summed E-state index contributed by atoms with van der Waals surface area (Å²) in [5, 5.41) is 3.14. The van der Waals surface area contributed by atoms with Gasteiger partial charge in [-0.3, -0.25) is 14.9 Å². The number of nitrogens with one attached hydrogen (secondary N) is 1. The second-order valence-electron chi connectivity index (χ2n) is 7.44. The Morgan fingerprint density at radius 2 is 1.59 bits per heavy atom. The molecule has 4 aromatic rings. The SMILES string of the molecule is COC(=O)c1ccc(N=C(C)c2c(-c3ccc(OC)cc3)[nH]n(-c3ccc(F)cc3)c2=O)cc1. The third kappa shape index (κ3) is 4.52. The molecule has 0 aliphatic rings. The Morgan fingerprint density at radius 3 is 2.18 bits per heavy atom. The van der Waals surface area contributed by atoms with Gasteiger partial charge in [-0.25, -0.2) is 13.9 Å². The number of H-pyrrole nitrogens is 1. The third-order valence-electron chi connectivity index (χ3n) is 5.30. The van der Waals surface area contributed by atoms with E-state index in [1.54, 1.807) is 50.4 Å². The maximum Gasteiger partial charge on any atom is 0.337 e. The van der Waals surface area contributed by atoms with Crippen molar-refractivity contribution in [2.45, 2.75) is 6.92 Å². The summed E-state index contributed by atoms with van der Waals surface area (Å²) in [5.41, 5.74) is 3.28. The van der Waals surface area contributed by atoms with Crippen LogP contribution in [0.3, 0.4) is 0 Å². The molecule has 0 fully saturated rings. The molecule has 0 aliphatic heterocycles. The fourth-order valence-electron chi connectivity index (χ4n) is 3.55. The molecule has 3 aromatic carbocycles. The van der Waals surface area contributed by atoms with E-state index >= 15 is 0 Å². The zero-order chi connectivity index (χ0) is 24.2. The number of aliphatic imine (C=N–C) groups is 1. The monoisotopic (exact) mass is 459 g/mol. The number of aromatic amines is 1. The number of esters is 1. The molecule has 0 radical (unpaired) electrons. The van der Waals surface area contributed by atoms with Crippen LogP contribution in [0.1, 0.15) is 22.8 Å². The Morgan fingerprint density at radius 1 is 0.941 bits per heavy atom. The third-order valence-corrected chi connectivity index (χ3v) is 5.30. The number of halogens is 1. The highest BCUT2D eigenvalue weighted by Gasteiger charge is 2.19. The fraction of sp³-hybridized carbons (Fsp3) is 0.115. The van der Waals surface area contributed by atoms with Crippen molar-refractivity contribution in [3.63, 3.8) is 0 Å². The van der Waals surface area contributed by atoms with Gasteiger partial charge in [-0.15, -0.1) is 0 Å². The van der Waals surface area contributed by atoms with E-state index in [-0.39, 0.29) is 5.56 Å². The molecule has 0 spiro atoms. The first-order valence-electron chi connectivity index (χ1n) is 10.4. The van der Waals surface area contributed by atoms with Gasteiger partial charge in [-0.1, -0.05) is 0 Å². The number of nitrogens with zero attached hydrogens (tertiary/aromatic N) is 2. The van der Waals surface area contributed by atoms with E-state index in [9.17, 15) is 14.0 Å². The first kappa shape index (κ1) is 22.7. The number of methoxy groups -OCH3 is 2. The zero-order valence-electron chi connectivity index (χ0n) is 18.8. The molecule has 7 nitrogen and oxygen atoms in total. The molecule has 0 saturated heterocycles. The van der Waals surface area contributed by atoms with Gasteiger partial charge in [0, 0.05) is 5.56 Å². The van der Waals surface area contributed by atoms with E-state index in [4.69, 9.17) is 9.47 Å². The second-order valence-corrected chi connectivity index (χ2v) is 7.44. The number of aromatic nitrogens is 2. The average molecular weight is 459 g/mol. The maximum absolute atomic E-state index is 13.5. The van der Waals surface area contributed by atoms with Crippen LogP contribution in [0.5, 0.6) is 5.75 Å². The van der Waals surface area contributed by atoms with Gasteiger partial charge in [0.1, 0.15) is 11.6 Å². The van der Waals surface area contributed by atoms with Crippen LogP contribution in [-0.2, 0) is 4.74 Å². The maximum atomic E-state index is 13.5. The van der Waals surface area contributed by atoms with E-state index in [0.717, 1.165) is 5.56 Å². The minimum absolute atomic E-state index is 0.329. The lowest BCUT2D eigenvalue weighted by Gasteiger charge is -2.05. The van der Waals surface area contributed by atoms with Crippen LogP contribution in [-0.4, -0.2) is 35.7 Å². The molecule has 4 rings (SSSR count). The van der Waals surface area contributed by atoms with Crippen LogP contribution >= 0.6 is 0 Å². The largest absolute Gasteiger partial charge is 0.497 e. The van der Waals surface area contributed by atoms with Crippen LogP contribution in [0.4, 0.5) is 10.1 Å². The molecular formula is C26H22FN3O4. The van der Waals surface area contributed by atoms with Crippen molar-refractivity contribution < 1.29 is 18.7 Å². The van der Waals surface area contributed by atoms with Crippen molar-refractivity contribution in [3.05, 3.63) is 100 Å². The fourth-order valence-corrected chi connectivity index (χ4v) is 3.55. The number of carbonyl (C=O) groups is 1. The summed E-state index contributed by atoms with van der Waals surface area (Å²) in [5.74, 6) is -0.157. The molecule has 0 bridgehead atoms. The number of ether oxygens (including phenoxy) is 2. The molecule has 0 amide bonds. The quantitative estimate of drug-likeness (QED) is 0.328. The Hall–Kier alpha value is -4.46. The Balaban J connectivity index is 1.83. The smallest absolute Gasteiger partial charge is 0.337 e. The lowest BCUT2D eigenvalue weighted by atomic mass is 10.0. The van der Waals surface area contributed by atoms with Crippen molar-refractivity contribution in [3.8, 4) is 22.7 Å². The van der Waals surface area contributed by atoms with Crippen molar-refractivity contribution in [2.75, 3.05) is 14.2 Å². The van der Waals surface area contributed by atoms with Crippen molar-refractivity contribution >= 4 is 17.4 Å². The highest BCUT2D eigenvalue weighted by Crippen LogP contribution is 2.25. The Labute approximate surface area is 195 Å². The molecule has 0 aliphatic carbocycles. The highest BCUT2D eigenvalue weighted by atomic mass is 19.1. The molecule has 1 N–H and O–H groups in total. The first-order valence-corrected chi connectivity index (χ1v) is 10.4. The minimum atomic E-state index is -0.443. The van der Waals surface area contributed by atoms with Gasteiger partial charge < -0.3 is 9.47 Å². The van der Waals surface area contributed by atoms with Crippen molar-refractivity contribution in [1.82, 2.24) is 9.78 Å². The molecule has 1 aromatic heterocycles. The van der Waals surface area contributed by atoms with Crippen LogP contribution < -0.4 is 10.3 Å². The molecule has 34 heavy (non-hydrogen) atoms. The zero-order valence-corrected chi connectivity index (χ0v) is 18.8. The standard InChI is InChI=1S/C26H22FN3O4/c1-16(28-20-10-4-18(5-11-20)26(32)34-3)23-24(17-6-14-22(33-2)15-7-17)29-30(25(23)31)21-12-8-19(27)9-13-21/h4-15,29H,1-3H3. The summed E-state index contributed by atoms with van der Waals surface area (Å²) >= 11 is 0. The lowest BCUT2D eigenvalue weighted by molar-refractivity contribution is 0.0601. The van der Waals surface area contributed by atoms with E-state index in [1.165, 1.54) is 36.1 Å². The molecular weight excluding hydrogens is 437 g/mol.